The van der Waals surface area contributed by atoms with Crippen molar-refractivity contribution in [2.45, 2.75) is 58.9 Å². The Morgan fingerprint density at radius 3 is 2.52 bits per heavy atom. The van der Waals surface area contributed by atoms with Crippen molar-refractivity contribution in [3.8, 4) is 11.8 Å². The van der Waals surface area contributed by atoms with E-state index in [9.17, 15) is 9.59 Å². The third kappa shape index (κ3) is 7.06. The van der Waals surface area contributed by atoms with Gasteiger partial charge in [0.15, 0.2) is 6.61 Å². The number of rotatable bonds is 5. The van der Waals surface area contributed by atoms with Gasteiger partial charge >= 0.3 is 6.09 Å². The van der Waals surface area contributed by atoms with Gasteiger partial charge in [-0.2, -0.15) is 0 Å². The quantitative estimate of drug-likeness (QED) is 0.748. The average molecular weight is 378 g/mol. The second-order valence-electron chi connectivity index (χ2n) is 8.00. The van der Waals surface area contributed by atoms with E-state index < -0.39 is 0 Å². The molecule has 0 aromatic heterocycles. The van der Waals surface area contributed by atoms with Gasteiger partial charge in [0.25, 0.3) is 0 Å². The van der Waals surface area contributed by atoms with Crippen molar-refractivity contribution in [2.24, 2.45) is 11.8 Å². The highest BCUT2D eigenvalue weighted by Crippen LogP contribution is 2.24. The van der Waals surface area contributed by atoms with Crippen LogP contribution in [0.15, 0.2) is 0 Å². The van der Waals surface area contributed by atoms with Gasteiger partial charge in [0, 0.05) is 31.6 Å². The minimum absolute atomic E-state index is 0.150. The molecule has 27 heavy (non-hydrogen) atoms. The number of likely N-dealkylation sites (tertiary alicyclic amines) is 2. The van der Waals surface area contributed by atoms with Crippen molar-refractivity contribution in [1.29, 1.82) is 0 Å². The van der Waals surface area contributed by atoms with E-state index in [1.807, 2.05) is 4.90 Å². The summed E-state index contributed by atoms with van der Waals surface area (Å²) in [6, 6.07) is 0.498. The molecule has 2 aliphatic heterocycles. The molecule has 2 aliphatic rings. The molecule has 1 unspecified atom stereocenters. The van der Waals surface area contributed by atoms with E-state index in [2.05, 4.69) is 35.9 Å². The van der Waals surface area contributed by atoms with Crippen LogP contribution in [0.25, 0.3) is 0 Å². The van der Waals surface area contributed by atoms with Crippen LogP contribution in [0.5, 0.6) is 0 Å². The lowest BCUT2D eigenvalue weighted by Gasteiger charge is -2.37. The van der Waals surface area contributed by atoms with Crippen LogP contribution in [-0.4, -0.2) is 67.2 Å². The Morgan fingerprint density at radius 2 is 1.85 bits per heavy atom. The molecule has 6 nitrogen and oxygen atoms in total. The molecule has 0 saturated carbocycles. The van der Waals surface area contributed by atoms with Gasteiger partial charge < -0.3 is 19.9 Å². The third-order valence-corrected chi connectivity index (χ3v) is 5.50. The summed E-state index contributed by atoms with van der Waals surface area (Å²) in [5.41, 5.74) is 0. The van der Waals surface area contributed by atoms with Crippen molar-refractivity contribution >= 4 is 12.0 Å². The Bertz CT molecular complexity index is 545. The summed E-state index contributed by atoms with van der Waals surface area (Å²) in [6.45, 7) is 10.3. The Balaban J connectivity index is 1.74. The molecule has 1 N–H and O–H groups in total. The summed E-state index contributed by atoms with van der Waals surface area (Å²) in [4.78, 5) is 28.7. The van der Waals surface area contributed by atoms with Gasteiger partial charge in [0.05, 0.1) is 0 Å². The number of nitrogens with zero attached hydrogens (tertiary/aromatic N) is 2. The van der Waals surface area contributed by atoms with Gasteiger partial charge in [0.1, 0.15) is 0 Å². The molecule has 1 atom stereocenters. The zero-order valence-corrected chi connectivity index (χ0v) is 17.1. The van der Waals surface area contributed by atoms with Crippen molar-refractivity contribution in [3.05, 3.63) is 0 Å². The highest BCUT2D eigenvalue weighted by molar-refractivity contribution is 5.78. The molecule has 2 saturated heterocycles. The molecule has 0 aliphatic carbocycles. The van der Waals surface area contributed by atoms with Crippen LogP contribution in [0.1, 0.15) is 52.9 Å². The zero-order valence-electron chi connectivity index (χ0n) is 17.1. The molecule has 2 fully saturated rings. The lowest BCUT2D eigenvalue weighted by molar-refractivity contribution is -0.126. The summed E-state index contributed by atoms with van der Waals surface area (Å²) in [5, 5.41) is 3.07. The number of hydrogen-bond donors (Lipinski definition) is 1. The maximum absolute atomic E-state index is 12.3. The van der Waals surface area contributed by atoms with Crippen molar-refractivity contribution in [3.63, 3.8) is 0 Å². The molecule has 0 spiro atoms. The first-order valence-electron chi connectivity index (χ1n) is 10.3. The van der Waals surface area contributed by atoms with E-state index in [-0.39, 0.29) is 24.5 Å². The van der Waals surface area contributed by atoms with E-state index >= 15 is 0 Å². The van der Waals surface area contributed by atoms with Crippen LogP contribution in [0, 0.1) is 23.7 Å². The number of carbonyl (C=O) groups excluding carboxylic acids is 2. The molecule has 2 rings (SSSR count). The predicted octanol–water partition coefficient (Wildman–Crippen LogP) is 2.49. The summed E-state index contributed by atoms with van der Waals surface area (Å²) < 4.78 is 5.19. The number of carbonyl (C=O) groups is 2. The maximum Gasteiger partial charge on any atom is 0.410 e. The molecule has 6 heteroatoms. The van der Waals surface area contributed by atoms with Gasteiger partial charge in [-0.15, -0.1) is 5.92 Å². The maximum atomic E-state index is 12.3. The molecule has 0 aromatic carbocycles. The van der Waals surface area contributed by atoms with Crippen LogP contribution < -0.4 is 5.32 Å². The number of nitrogens with one attached hydrogen (secondary N) is 1. The normalized spacial score (nSPS) is 21.9. The fraction of sp³-hybridized carbons (Fsp3) is 0.810. The second kappa shape index (κ2) is 11.2. The minimum atomic E-state index is -0.251. The molecule has 2 heterocycles. The predicted molar refractivity (Wildman–Crippen MR) is 106 cm³/mol. The Hall–Kier alpha value is -1.74. The SMILES string of the molecule is CC#CCOC(=O)N1CCCC(N2CCC(C(=O)NCC(C)C)CC2)CC1. The van der Waals surface area contributed by atoms with Gasteiger partial charge in [-0.25, -0.2) is 4.79 Å². The van der Waals surface area contributed by atoms with E-state index in [0.717, 1.165) is 64.8 Å². The van der Waals surface area contributed by atoms with Gasteiger partial charge in [-0.1, -0.05) is 19.8 Å². The number of amides is 2. The summed E-state index contributed by atoms with van der Waals surface area (Å²) in [6.07, 6.45) is 4.68. The topological polar surface area (TPSA) is 61.9 Å². The molecular formula is C21H35N3O3. The molecule has 152 valence electrons. The first kappa shape index (κ1) is 21.6. The lowest BCUT2D eigenvalue weighted by atomic mass is 9.93. The van der Waals surface area contributed by atoms with Crippen LogP contribution in [-0.2, 0) is 9.53 Å². The van der Waals surface area contributed by atoms with E-state index in [1.165, 1.54) is 0 Å². The standard InChI is InChI=1S/C21H35N3O3/c1-4-5-15-27-21(26)24-11-6-7-19(10-14-24)23-12-8-18(9-13-23)20(25)22-16-17(2)3/h17-19H,6-16H2,1-3H3,(H,22,25). The van der Waals surface area contributed by atoms with Crippen LogP contribution in [0.4, 0.5) is 4.79 Å². The lowest BCUT2D eigenvalue weighted by Crippen LogP contribution is -2.45. The highest BCUT2D eigenvalue weighted by atomic mass is 16.6. The monoisotopic (exact) mass is 377 g/mol. The van der Waals surface area contributed by atoms with E-state index in [0.29, 0.717) is 12.0 Å². The summed E-state index contributed by atoms with van der Waals surface area (Å²) in [7, 11) is 0. The minimum Gasteiger partial charge on any atom is -0.436 e. The van der Waals surface area contributed by atoms with Gasteiger partial charge in [-0.3, -0.25) is 4.79 Å². The summed E-state index contributed by atoms with van der Waals surface area (Å²) >= 11 is 0. The third-order valence-electron chi connectivity index (χ3n) is 5.50. The van der Waals surface area contributed by atoms with Gasteiger partial charge in [0.2, 0.25) is 5.91 Å². The second-order valence-corrected chi connectivity index (χ2v) is 8.00. The number of piperidine rings is 1. The molecular weight excluding hydrogens is 342 g/mol. The first-order valence-corrected chi connectivity index (χ1v) is 10.3. The van der Waals surface area contributed by atoms with E-state index in [4.69, 9.17) is 4.74 Å². The van der Waals surface area contributed by atoms with Crippen molar-refractivity contribution < 1.29 is 14.3 Å². The first-order chi connectivity index (χ1) is 13.0. The Kier molecular flexibility index (Phi) is 8.93. The van der Waals surface area contributed by atoms with Crippen LogP contribution >= 0.6 is 0 Å². The highest BCUT2D eigenvalue weighted by Gasteiger charge is 2.30. The molecule has 0 bridgehead atoms. The van der Waals surface area contributed by atoms with Crippen LogP contribution in [0.3, 0.4) is 0 Å². The largest absolute Gasteiger partial charge is 0.436 e. The Labute approximate surface area is 164 Å². The molecule has 0 aromatic rings. The van der Waals surface area contributed by atoms with Crippen LogP contribution in [0.2, 0.25) is 0 Å². The fourth-order valence-electron chi connectivity index (χ4n) is 3.86. The number of ether oxygens (including phenoxy) is 1. The average Bonchev–Trinajstić information content (AvgIpc) is 2.92. The van der Waals surface area contributed by atoms with Crippen molar-refractivity contribution in [2.75, 3.05) is 39.3 Å². The van der Waals surface area contributed by atoms with Gasteiger partial charge in [-0.05, 0) is 58.0 Å². The summed E-state index contributed by atoms with van der Waals surface area (Å²) in [5.74, 6) is 6.35. The Morgan fingerprint density at radius 1 is 1.11 bits per heavy atom. The zero-order chi connectivity index (χ0) is 19.6. The molecule has 2 amide bonds. The van der Waals surface area contributed by atoms with E-state index in [1.54, 1.807) is 6.92 Å². The number of hydrogen-bond acceptors (Lipinski definition) is 4. The van der Waals surface area contributed by atoms with Crippen molar-refractivity contribution in [1.82, 2.24) is 15.1 Å². The molecule has 0 radical (unpaired) electrons. The smallest absolute Gasteiger partial charge is 0.410 e. The fourth-order valence-corrected chi connectivity index (χ4v) is 3.86.